The molecule has 6 nitrogen and oxygen atoms in total. The van der Waals surface area contributed by atoms with Crippen molar-refractivity contribution < 1.29 is 26.7 Å². The molecule has 0 amide bonds. The van der Waals surface area contributed by atoms with Crippen LogP contribution in [-0.2, 0) is 10.0 Å². The van der Waals surface area contributed by atoms with E-state index in [1.54, 1.807) is 23.1 Å². The Balaban J connectivity index is 1.99. The van der Waals surface area contributed by atoms with Crippen LogP contribution in [0.5, 0.6) is 0 Å². The van der Waals surface area contributed by atoms with E-state index in [1.165, 1.54) is 13.1 Å². The third-order valence-electron chi connectivity index (χ3n) is 4.07. The van der Waals surface area contributed by atoms with E-state index in [2.05, 4.69) is 4.72 Å². The van der Waals surface area contributed by atoms with Crippen molar-refractivity contribution in [3.63, 3.8) is 0 Å². The number of β-amino-alcohol motifs (C(OH)–C–C–N with tert-alkyl or cyclic N) is 1. The minimum Gasteiger partial charge on any atom is -0.391 e. The van der Waals surface area contributed by atoms with Crippen LogP contribution in [-0.4, -0.2) is 70.5 Å². The first kappa shape index (κ1) is 20.0. The zero-order valence-corrected chi connectivity index (χ0v) is 14.6. The Bertz CT molecular complexity index is 674. The van der Waals surface area contributed by atoms with E-state index in [0.717, 1.165) is 0 Å². The highest BCUT2D eigenvalue weighted by molar-refractivity contribution is 7.89. The Hall–Kier alpha value is -1.36. The largest absolute Gasteiger partial charge is 0.391 e. The first-order valence-electron chi connectivity index (χ1n) is 7.87. The maximum absolute atomic E-state index is 12.3. The number of rotatable bonds is 6. The lowest BCUT2D eigenvalue weighted by atomic mass is 10.2. The van der Waals surface area contributed by atoms with E-state index in [0.29, 0.717) is 31.9 Å². The van der Waals surface area contributed by atoms with Crippen LogP contribution in [0, 0.1) is 0 Å². The first-order chi connectivity index (χ1) is 11.6. The number of alkyl halides is 3. The minimum atomic E-state index is -4.39. The number of para-hydroxylation sites is 1. The lowest BCUT2D eigenvalue weighted by molar-refractivity contribution is -0.155. The van der Waals surface area contributed by atoms with Gasteiger partial charge in [-0.3, -0.25) is 4.90 Å². The SMILES string of the molecule is CNS(=O)(=O)c1ccccc1N1CCN(C[C@@H](O)CC(F)(F)F)CC1. The van der Waals surface area contributed by atoms with Gasteiger partial charge >= 0.3 is 6.18 Å². The molecule has 0 aliphatic carbocycles. The Morgan fingerprint density at radius 1 is 1.20 bits per heavy atom. The highest BCUT2D eigenvalue weighted by atomic mass is 32.2. The fourth-order valence-corrected chi connectivity index (χ4v) is 3.81. The van der Waals surface area contributed by atoms with Crippen LogP contribution in [0.2, 0.25) is 0 Å². The van der Waals surface area contributed by atoms with Gasteiger partial charge in [0.25, 0.3) is 0 Å². The van der Waals surface area contributed by atoms with Gasteiger partial charge in [-0.15, -0.1) is 0 Å². The van der Waals surface area contributed by atoms with Crippen LogP contribution in [0.3, 0.4) is 0 Å². The summed E-state index contributed by atoms with van der Waals surface area (Å²) < 4.78 is 63.4. The van der Waals surface area contributed by atoms with Gasteiger partial charge in [0.1, 0.15) is 4.90 Å². The summed E-state index contributed by atoms with van der Waals surface area (Å²) in [5, 5.41) is 9.54. The van der Waals surface area contributed by atoms with Crippen molar-refractivity contribution in [1.29, 1.82) is 0 Å². The van der Waals surface area contributed by atoms with Crippen molar-refractivity contribution in [3.05, 3.63) is 24.3 Å². The predicted octanol–water partition coefficient (Wildman–Crippen LogP) is 1.03. The molecule has 1 atom stereocenters. The van der Waals surface area contributed by atoms with Gasteiger partial charge in [-0.1, -0.05) is 12.1 Å². The molecule has 0 spiro atoms. The van der Waals surface area contributed by atoms with Crippen LogP contribution in [0.25, 0.3) is 0 Å². The smallest absolute Gasteiger partial charge is 0.391 e. The first-order valence-corrected chi connectivity index (χ1v) is 9.35. The maximum atomic E-state index is 12.3. The molecule has 1 saturated heterocycles. The molecule has 1 aromatic rings. The summed E-state index contributed by atoms with van der Waals surface area (Å²) in [4.78, 5) is 3.81. The van der Waals surface area contributed by atoms with Crippen molar-refractivity contribution in [3.8, 4) is 0 Å². The number of piperazine rings is 1. The lowest BCUT2D eigenvalue weighted by Gasteiger charge is -2.37. The van der Waals surface area contributed by atoms with Gasteiger partial charge in [-0.25, -0.2) is 13.1 Å². The average Bonchev–Trinajstić information content (AvgIpc) is 2.54. The molecule has 2 rings (SSSR count). The highest BCUT2D eigenvalue weighted by Gasteiger charge is 2.32. The Labute approximate surface area is 145 Å². The molecule has 1 aliphatic heterocycles. The number of sulfonamides is 1. The summed E-state index contributed by atoms with van der Waals surface area (Å²) in [5.74, 6) is 0. The average molecular weight is 381 g/mol. The molecule has 1 heterocycles. The van der Waals surface area contributed by atoms with E-state index in [-0.39, 0.29) is 11.4 Å². The van der Waals surface area contributed by atoms with E-state index < -0.39 is 28.7 Å². The van der Waals surface area contributed by atoms with Crippen LogP contribution in [0.15, 0.2) is 29.2 Å². The van der Waals surface area contributed by atoms with Crippen LogP contribution >= 0.6 is 0 Å². The lowest BCUT2D eigenvalue weighted by Crippen LogP contribution is -2.49. The summed E-state index contributed by atoms with van der Waals surface area (Å²) in [6.07, 6.45) is -7.07. The number of hydrogen-bond acceptors (Lipinski definition) is 5. The molecule has 25 heavy (non-hydrogen) atoms. The zero-order valence-electron chi connectivity index (χ0n) is 13.8. The summed E-state index contributed by atoms with van der Waals surface area (Å²) in [6.45, 7) is 1.78. The molecule has 1 aliphatic rings. The predicted molar refractivity (Wildman–Crippen MR) is 88.0 cm³/mol. The Morgan fingerprint density at radius 2 is 1.80 bits per heavy atom. The molecule has 10 heteroatoms. The summed E-state index contributed by atoms with van der Waals surface area (Å²) in [5.41, 5.74) is 0.562. The number of aliphatic hydroxyl groups is 1. The Kier molecular flexibility index (Phi) is 6.30. The standard InChI is InChI=1S/C15H22F3N3O3S/c1-19-25(23,24)14-5-3-2-4-13(14)21-8-6-20(7-9-21)11-12(22)10-15(16,17)18/h2-5,12,19,22H,6-11H2,1H3/t12-/m0/s1. The van der Waals surface area contributed by atoms with Crippen LogP contribution in [0.4, 0.5) is 18.9 Å². The van der Waals surface area contributed by atoms with Gasteiger partial charge in [0.2, 0.25) is 10.0 Å². The van der Waals surface area contributed by atoms with Crippen molar-refractivity contribution in [2.45, 2.75) is 23.6 Å². The number of nitrogens with one attached hydrogen (secondary N) is 1. The molecule has 0 saturated carbocycles. The van der Waals surface area contributed by atoms with Crippen molar-refractivity contribution in [2.24, 2.45) is 0 Å². The Morgan fingerprint density at radius 3 is 2.36 bits per heavy atom. The molecule has 2 N–H and O–H groups in total. The number of halogens is 3. The number of aliphatic hydroxyl groups excluding tert-OH is 1. The van der Waals surface area contributed by atoms with Crippen molar-refractivity contribution >= 4 is 15.7 Å². The van der Waals surface area contributed by atoms with E-state index in [9.17, 15) is 26.7 Å². The quantitative estimate of drug-likeness (QED) is 0.770. The number of hydrogen-bond donors (Lipinski definition) is 2. The number of benzene rings is 1. The zero-order chi connectivity index (χ0) is 18.7. The second-order valence-corrected chi connectivity index (χ2v) is 7.79. The minimum absolute atomic E-state index is 0.0518. The topological polar surface area (TPSA) is 72.9 Å². The van der Waals surface area contributed by atoms with Crippen LogP contribution in [0.1, 0.15) is 6.42 Å². The van der Waals surface area contributed by atoms with Gasteiger partial charge in [0.15, 0.2) is 0 Å². The van der Waals surface area contributed by atoms with Gasteiger partial charge in [0.05, 0.1) is 18.2 Å². The molecule has 0 bridgehead atoms. The van der Waals surface area contributed by atoms with Gasteiger partial charge in [0, 0.05) is 32.7 Å². The van der Waals surface area contributed by atoms with E-state index >= 15 is 0 Å². The monoisotopic (exact) mass is 381 g/mol. The molecule has 1 fully saturated rings. The second kappa shape index (κ2) is 7.90. The van der Waals surface area contributed by atoms with Gasteiger partial charge in [-0.05, 0) is 19.2 Å². The van der Waals surface area contributed by atoms with Crippen molar-refractivity contribution in [2.75, 3.05) is 44.7 Å². The number of nitrogens with zero attached hydrogens (tertiary/aromatic N) is 2. The summed E-state index contributed by atoms with van der Waals surface area (Å²) >= 11 is 0. The summed E-state index contributed by atoms with van der Waals surface area (Å²) in [7, 11) is -2.26. The normalized spacial score (nSPS) is 18.4. The molecule has 0 radical (unpaired) electrons. The van der Waals surface area contributed by atoms with E-state index in [1.807, 2.05) is 4.90 Å². The molecule has 0 aromatic heterocycles. The highest BCUT2D eigenvalue weighted by Crippen LogP contribution is 2.26. The maximum Gasteiger partial charge on any atom is 0.391 e. The molecule has 1 aromatic carbocycles. The molecule has 0 unspecified atom stereocenters. The third kappa shape index (κ3) is 5.56. The van der Waals surface area contributed by atoms with Crippen LogP contribution < -0.4 is 9.62 Å². The second-order valence-electron chi connectivity index (χ2n) is 5.94. The number of anilines is 1. The van der Waals surface area contributed by atoms with E-state index in [4.69, 9.17) is 0 Å². The summed E-state index contributed by atoms with van der Waals surface area (Å²) in [6, 6.07) is 6.60. The van der Waals surface area contributed by atoms with Gasteiger partial charge < -0.3 is 10.0 Å². The fraction of sp³-hybridized carbons (Fsp3) is 0.600. The van der Waals surface area contributed by atoms with Crippen molar-refractivity contribution in [1.82, 2.24) is 9.62 Å². The molecular weight excluding hydrogens is 359 g/mol. The third-order valence-corrected chi connectivity index (χ3v) is 5.53. The fourth-order valence-electron chi connectivity index (χ4n) is 2.86. The molecule has 142 valence electrons. The van der Waals surface area contributed by atoms with Gasteiger partial charge in [-0.2, -0.15) is 13.2 Å². The molecular formula is C15H22F3N3O3S.